The van der Waals surface area contributed by atoms with E-state index in [1.54, 1.807) is 0 Å². The van der Waals surface area contributed by atoms with Crippen molar-refractivity contribution in [3.05, 3.63) is 0 Å². The van der Waals surface area contributed by atoms with Gasteiger partial charge in [-0.25, -0.2) is 0 Å². The number of carboxylic acids is 1. The highest BCUT2D eigenvalue weighted by Crippen LogP contribution is 2.42. The zero-order valence-electron chi connectivity index (χ0n) is 10.4. The number of hydrogen-bond acceptors (Lipinski definition) is 2. The molecule has 96 valence electrons. The van der Waals surface area contributed by atoms with Crippen LogP contribution < -0.4 is 0 Å². The summed E-state index contributed by atoms with van der Waals surface area (Å²) in [6.45, 7) is 2.12. The average molecular weight is 239 g/mol. The van der Waals surface area contributed by atoms with Crippen molar-refractivity contribution in [2.75, 3.05) is 0 Å². The van der Waals surface area contributed by atoms with Crippen LogP contribution in [0.15, 0.2) is 0 Å². The van der Waals surface area contributed by atoms with Gasteiger partial charge in [0.25, 0.3) is 0 Å². The normalized spacial score (nSPS) is 30.9. The fourth-order valence-electron chi connectivity index (χ4n) is 3.30. The third-order valence-electron chi connectivity index (χ3n) is 4.14. The first-order valence-corrected chi connectivity index (χ1v) is 6.69. The Balaban J connectivity index is 1.93. The van der Waals surface area contributed by atoms with Crippen LogP contribution in [0.5, 0.6) is 0 Å². The highest BCUT2D eigenvalue weighted by Gasteiger charge is 2.50. The molecule has 2 saturated heterocycles. The summed E-state index contributed by atoms with van der Waals surface area (Å²) in [5.41, 5.74) is 0. The molecular formula is C13H21NO3. The summed E-state index contributed by atoms with van der Waals surface area (Å²) in [6.07, 6.45) is 6.25. The average Bonchev–Trinajstić information content (AvgIpc) is 2.86. The summed E-state index contributed by atoms with van der Waals surface area (Å²) >= 11 is 0. The van der Waals surface area contributed by atoms with Gasteiger partial charge in [-0.1, -0.05) is 19.8 Å². The van der Waals surface area contributed by atoms with Crippen molar-refractivity contribution in [3.63, 3.8) is 0 Å². The van der Waals surface area contributed by atoms with Crippen molar-refractivity contribution < 1.29 is 14.7 Å². The lowest BCUT2D eigenvalue weighted by atomic mass is 9.89. The van der Waals surface area contributed by atoms with Crippen LogP contribution in [-0.2, 0) is 9.59 Å². The molecule has 0 aromatic carbocycles. The maximum atomic E-state index is 12.1. The van der Waals surface area contributed by atoms with Gasteiger partial charge in [-0.15, -0.1) is 0 Å². The Hall–Kier alpha value is -1.06. The van der Waals surface area contributed by atoms with Crippen LogP contribution in [0.3, 0.4) is 0 Å². The van der Waals surface area contributed by atoms with E-state index in [4.69, 9.17) is 5.11 Å². The van der Waals surface area contributed by atoms with Gasteiger partial charge in [-0.3, -0.25) is 9.59 Å². The number of rotatable bonds is 5. The van der Waals surface area contributed by atoms with Gasteiger partial charge in [-0.2, -0.15) is 0 Å². The van der Waals surface area contributed by atoms with Crippen LogP contribution in [0.25, 0.3) is 0 Å². The molecular weight excluding hydrogens is 218 g/mol. The SMILES string of the molecule is CCCCCC(=O)N1C2CCC1C(C(=O)O)C2. The Morgan fingerprint density at radius 2 is 2.06 bits per heavy atom. The first kappa shape index (κ1) is 12.4. The third kappa shape index (κ3) is 2.31. The van der Waals surface area contributed by atoms with Crippen LogP contribution in [0.4, 0.5) is 0 Å². The molecule has 2 aliphatic heterocycles. The number of carbonyl (C=O) groups is 2. The van der Waals surface area contributed by atoms with E-state index in [1.165, 1.54) is 0 Å². The van der Waals surface area contributed by atoms with E-state index in [1.807, 2.05) is 4.90 Å². The van der Waals surface area contributed by atoms with Crippen LogP contribution in [0.1, 0.15) is 51.9 Å². The van der Waals surface area contributed by atoms with Crippen molar-refractivity contribution in [1.29, 1.82) is 0 Å². The van der Waals surface area contributed by atoms with E-state index in [0.29, 0.717) is 12.8 Å². The molecule has 2 aliphatic rings. The fraction of sp³-hybridized carbons (Fsp3) is 0.846. The molecule has 1 amide bonds. The number of hydrogen-bond donors (Lipinski definition) is 1. The number of nitrogens with zero attached hydrogens (tertiary/aromatic N) is 1. The molecule has 2 fully saturated rings. The number of unbranched alkanes of at least 4 members (excludes halogenated alkanes) is 2. The molecule has 1 N–H and O–H groups in total. The smallest absolute Gasteiger partial charge is 0.308 e. The molecule has 3 atom stereocenters. The highest BCUT2D eigenvalue weighted by molar-refractivity contribution is 5.80. The van der Waals surface area contributed by atoms with Gasteiger partial charge in [0, 0.05) is 18.5 Å². The highest BCUT2D eigenvalue weighted by atomic mass is 16.4. The predicted molar refractivity (Wildman–Crippen MR) is 63.5 cm³/mol. The molecule has 0 saturated carbocycles. The second kappa shape index (κ2) is 5.07. The van der Waals surface area contributed by atoms with Crippen molar-refractivity contribution in [2.45, 2.75) is 64.0 Å². The van der Waals surface area contributed by atoms with Crippen molar-refractivity contribution >= 4 is 11.9 Å². The lowest BCUT2D eigenvalue weighted by molar-refractivity contribution is -0.143. The van der Waals surface area contributed by atoms with Crippen LogP contribution >= 0.6 is 0 Å². The number of fused-ring (bicyclic) bond motifs is 2. The molecule has 4 heteroatoms. The Morgan fingerprint density at radius 1 is 1.29 bits per heavy atom. The molecule has 3 unspecified atom stereocenters. The first-order chi connectivity index (χ1) is 8.15. The standard InChI is InChI=1S/C13H21NO3/c1-2-3-4-5-12(15)14-9-6-7-11(14)10(8-9)13(16)17/h9-11H,2-8H2,1H3,(H,16,17). The fourth-order valence-corrected chi connectivity index (χ4v) is 3.30. The molecule has 2 bridgehead atoms. The quantitative estimate of drug-likeness (QED) is 0.747. The summed E-state index contributed by atoms with van der Waals surface area (Å²) in [4.78, 5) is 25.0. The topological polar surface area (TPSA) is 57.6 Å². The minimum absolute atomic E-state index is 0.0216. The number of aliphatic carboxylic acids is 1. The van der Waals surface area contributed by atoms with Gasteiger partial charge in [0.2, 0.25) is 5.91 Å². The van der Waals surface area contributed by atoms with Crippen LogP contribution in [-0.4, -0.2) is 34.0 Å². The molecule has 0 spiro atoms. The minimum atomic E-state index is -0.733. The molecule has 2 rings (SSSR count). The molecule has 0 aromatic heterocycles. The zero-order valence-corrected chi connectivity index (χ0v) is 10.4. The van der Waals surface area contributed by atoms with Crippen molar-refractivity contribution in [3.8, 4) is 0 Å². The lowest BCUT2D eigenvalue weighted by Crippen LogP contribution is -2.37. The summed E-state index contributed by atoms with van der Waals surface area (Å²) in [5, 5.41) is 9.11. The Kier molecular flexibility index (Phi) is 3.69. The van der Waals surface area contributed by atoms with Gasteiger partial charge in [0.05, 0.1) is 5.92 Å². The van der Waals surface area contributed by atoms with E-state index in [2.05, 4.69) is 6.92 Å². The monoisotopic (exact) mass is 239 g/mol. The zero-order chi connectivity index (χ0) is 12.4. The Labute approximate surface area is 102 Å². The lowest BCUT2D eigenvalue weighted by Gasteiger charge is -2.23. The first-order valence-electron chi connectivity index (χ1n) is 6.69. The van der Waals surface area contributed by atoms with Crippen LogP contribution in [0, 0.1) is 5.92 Å². The van der Waals surface area contributed by atoms with E-state index >= 15 is 0 Å². The van der Waals surface area contributed by atoms with Gasteiger partial charge < -0.3 is 10.0 Å². The van der Waals surface area contributed by atoms with E-state index in [9.17, 15) is 9.59 Å². The second-order valence-corrected chi connectivity index (χ2v) is 5.24. The molecule has 17 heavy (non-hydrogen) atoms. The van der Waals surface area contributed by atoms with E-state index in [0.717, 1.165) is 32.1 Å². The summed E-state index contributed by atoms with van der Waals surface area (Å²) in [5.74, 6) is -0.873. The second-order valence-electron chi connectivity index (χ2n) is 5.24. The summed E-state index contributed by atoms with van der Waals surface area (Å²) < 4.78 is 0. The van der Waals surface area contributed by atoms with Gasteiger partial charge in [0.15, 0.2) is 0 Å². The molecule has 2 heterocycles. The third-order valence-corrected chi connectivity index (χ3v) is 4.14. The van der Waals surface area contributed by atoms with Crippen molar-refractivity contribution in [1.82, 2.24) is 4.90 Å². The molecule has 4 nitrogen and oxygen atoms in total. The predicted octanol–water partition coefficient (Wildman–Crippen LogP) is 2.03. The molecule has 0 radical (unpaired) electrons. The number of amides is 1. The van der Waals surface area contributed by atoms with Gasteiger partial charge in [0.1, 0.15) is 0 Å². The van der Waals surface area contributed by atoms with E-state index in [-0.39, 0.29) is 23.9 Å². The van der Waals surface area contributed by atoms with E-state index < -0.39 is 5.97 Å². The Morgan fingerprint density at radius 3 is 2.65 bits per heavy atom. The molecule has 0 aliphatic carbocycles. The molecule has 0 aromatic rings. The van der Waals surface area contributed by atoms with Crippen LogP contribution in [0.2, 0.25) is 0 Å². The Bertz CT molecular complexity index is 316. The largest absolute Gasteiger partial charge is 0.481 e. The minimum Gasteiger partial charge on any atom is -0.481 e. The van der Waals surface area contributed by atoms with Gasteiger partial charge in [-0.05, 0) is 25.7 Å². The maximum absolute atomic E-state index is 12.1. The number of carboxylic acid groups (broad SMARTS) is 1. The maximum Gasteiger partial charge on any atom is 0.308 e. The van der Waals surface area contributed by atoms with Crippen molar-refractivity contribution in [2.24, 2.45) is 5.92 Å². The summed E-state index contributed by atoms with van der Waals surface area (Å²) in [7, 11) is 0. The number of carbonyl (C=O) groups excluding carboxylic acids is 1. The summed E-state index contributed by atoms with van der Waals surface area (Å²) in [6, 6.07) is 0.182. The van der Waals surface area contributed by atoms with Gasteiger partial charge >= 0.3 is 5.97 Å².